The minimum absolute atomic E-state index is 0.113. The van der Waals surface area contributed by atoms with Gasteiger partial charge in [0.05, 0.1) is 12.6 Å². The maximum Gasteiger partial charge on any atom is 0.452 e. The van der Waals surface area contributed by atoms with Crippen molar-refractivity contribution in [3.8, 4) is 0 Å². The number of alkyl carbamates (subject to hydrolysis) is 1. The molecule has 5 rings (SSSR count). The summed E-state index contributed by atoms with van der Waals surface area (Å²) in [5.74, 6) is -2.79. The average Bonchev–Trinajstić information content (AvgIpc) is 3.41. The highest BCUT2D eigenvalue weighted by atomic mass is 19.4. The molecule has 1 saturated heterocycles. The highest BCUT2D eigenvalue weighted by Gasteiger charge is 2.51. The molecule has 13 heteroatoms. The first-order chi connectivity index (χ1) is 21.4. The van der Waals surface area contributed by atoms with Crippen molar-refractivity contribution in [3.05, 3.63) is 0 Å². The van der Waals surface area contributed by atoms with Gasteiger partial charge in [-0.05, 0) is 114 Å². The predicted octanol–water partition coefficient (Wildman–Crippen LogP) is 5.07. The van der Waals surface area contributed by atoms with Gasteiger partial charge in [-0.2, -0.15) is 13.2 Å². The molecule has 3 amide bonds. The lowest BCUT2D eigenvalue weighted by molar-refractivity contribution is -0.175. The van der Waals surface area contributed by atoms with Crippen molar-refractivity contribution < 1.29 is 46.6 Å². The standard InChI is InChI=1S/C33H50F3N3O7/c1-19(2)26(27(41)33(34,35)36)38-28(42)24-7-6-11-39(24)29(43)23(8-9-25(40)46-31(3,4)5)37-30(44)45-12-10-32-16-20-13-21(17-32)15-22(14-20)18-32/h19-24,26H,6-18H2,1-5H3,(H,37,44)(H,38,42). The molecular formula is C33H50F3N3O7. The van der Waals surface area contributed by atoms with Gasteiger partial charge in [-0.1, -0.05) is 13.8 Å². The number of hydrogen-bond donors (Lipinski definition) is 2. The second-order valence-corrected chi connectivity index (χ2v) is 15.4. The number of amides is 3. The first-order valence-electron chi connectivity index (χ1n) is 16.7. The van der Waals surface area contributed by atoms with Gasteiger partial charge in [0.25, 0.3) is 5.78 Å². The number of rotatable bonds is 12. The number of carbonyl (C=O) groups excluding carboxylic acids is 5. The molecule has 5 fully saturated rings. The van der Waals surface area contributed by atoms with Crippen molar-refractivity contribution in [1.82, 2.24) is 15.5 Å². The van der Waals surface area contributed by atoms with Gasteiger partial charge in [0.1, 0.15) is 17.7 Å². The van der Waals surface area contributed by atoms with Crippen LogP contribution in [0.5, 0.6) is 0 Å². The zero-order valence-corrected chi connectivity index (χ0v) is 27.7. The highest BCUT2D eigenvalue weighted by Crippen LogP contribution is 2.61. The highest BCUT2D eigenvalue weighted by molar-refractivity contribution is 5.96. The Morgan fingerprint density at radius 3 is 2.04 bits per heavy atom. The SMILES string of the molecule is CC(C)C(NC(=O)C1CCCN1C(=O)C(CCC(=O)OC(C)(C)C)NC(=O)OCCC12CC3CC(CC(C3)C1)C2)C(=O)C(F)(F)F. The summed E-state index contributed by atoms with van der Waals surface area (Å²) < 4.78 is 50.5. The van der Waals surface area contributed by atoms with E-state index in [0.29, 0.717) is 6.42 Å². The van der Waals surface area contributed by atoms with Crippen LogP contribution in [0.4, 0.5) is 18.0 Å². The van der Waals surface area contributed by atoms with Crippen molar-refractivity contribution in [1.29, 1.82) is 0 Å². The number of hydrogen-bond acceptors (Lipinski definition) is 7. The van der Waals surface area contributed by atoms with Gasteiger partial charge in [0, 0.05) is 13.0 Å². The van der Waals surface area contributed by atoms with Crippen LogP contribution >= 0.6 is 0 Å². The Kier molecular flexibility index (Phi) is 11.0. The monoisotopic (exact) mass is 657 g/mol. The summed E-state index contributed by atoms with van der Waals surface area (Å²) in [6.45, 7) is 8.19. The minimum Gasteiger partial charge on any atom is -0.460 e. The van der Waals surface area contributed by atoms with Crippen molar-refractivity contribution in [3.63, 3.8) is 0 Å². The molecule has 4 saturated carbocycles. The topological polar surface area (TPSA) is 131 Å². The Morgan fingerprint density at radius 2 is 1.52 bits per heavy atom. The van der Waals surface area contributed by atoms with Crippen molar-refractivity contribution in [2.75, 3.05) is 13.2 Å². The molecule has 3 atom stereocenters. The van der Waals surface area contributed by atoms with Crippen LogP contribution in [0.3, 0.4) is 0 Å². The van der Waals surface area contributed by atoms with E-state index >= 15 is 0 Å². The van der Waals surface area contributed by atoms with E-state index in [0.717, 1.165) is 43.4 Å². The van der Waals surface area contributed by atoms with E-state index in [1.165, 1.54) is 38.0 Å². The van der Waals surface area contributed by atoms with Gasteiger partial charge in [-0.15, -0.1) is 0 Å². The quantitative estimate of drug-likeness (QED) is 0.280. The van der Waals surface area contributed by atoms with Gasteiger partial charge in [-0.25, -0.2) is 4.79 Å². The second-order valence-electron chi connectivity index (χ2n) is 15.4. The number of ketones is 1. The summed E-state index contributed by atoms with van der Waals surface area (Å²) in [5.41, 5.74) is -0.572. The van der Waals surface area contributed by atoms with Crippen LogP contribution in [0.15, 0.2) is 0 Å². The fourth-order valence-electron chi connectivity index (χ4n) is 8.52. The van der Waals surface area contributed by atoms with Gasteiger partial charge in [0.2, 0.25) is 11.8 Å². The third kappa shape index (κ3) is 9.14. The molecule has 1 heterocycles. The molecule has 5 aliphatic rings. The second kappa shape index (κ2) is 14.1. The molecule has 10 nitrogen and oxygen atoms in total. The van der Waals surface area contributed by atoms with Crippen molar-refractivity contribution >= 4 is 29.7 Å². The molecule has 0 aromatic rings. The van der Waals surface area contributed by atoms with Crippen molar-refractivity contribution in [2.24, 2.45) is 29.1 Å². The van der Waals surface area contributed by atoms with Crippen molar-refractivity contribution in [2.45, 2.75) is 135 Å². The number of nitrogens with zero attached hydrogens (tertiary/aromatic N) is 1. The summed E-state index contributed by atoms with van der Waals surface area (Å²) in [5, 5.41) is 4.78. The summed E-state index contributed by atoms with van der Waals surface area (Å²) in [6.07, 6.45) is 2.38. The smallest absolute Gasteiger partial charge is 0.452 e. The summed E-state index contributed by atoms with van der Waals surface area (Å²) in [6, 6.07) is -4.20. The van der Waals surface area contributed by atoms with Crippen LogP contribution in [0.1, 0.15) is 105 Å². The van der Waals surface area contributed by atoms with Gasteiger partial charge in [0.15, 0.2) is 0 Å². The molecule has 0 aromatic heterocycles. The third-order valence-corrected chi connectivity index (χ3v) is 10.0. The number of esters is 1. The van der Waals surface area contributed by atoms with E-state index in [1.807, 2.05) is 0 Å². The lowest BCUT2D eigenvalue weighted by atomic mass is 9.49. The lowest BCUT2D eigenvalue weighted by Gasteiger charge is -2.57. The first kappa shape index (κ1) is 36.0. The molecule has 4 bridgehead atoms. The number of likely N-dealkylation sites (tertiary alicyclic amines) is 1. The Balaban J connectivity index is 1.40. The molecule has 260 valence electrons. The molecule has 46 heavy (non-hydrogen) atoms. The maximum atomic E-state index is 13.8. The number of alkyl halides is 3. The average molecular weight is 658 g/mol. The normalized spacial score (nSPS) is 28.5. The third-order valence-electron chi connectivity index (χ3n) is 10.0. The molecule has 0 aromatic carbocycles. The minimum atomic E-state index is -5.14. The van der Waals surface area contributed by atoms with Gasteiger partial charge >= 0.3 is 18.2 Å². The van der Waals surface area contributed by atoms with Crippen LogP contribution < -0.4 is 10.6 Å². The molecule has 4 aliphatic carbocycles. The summed E-state index contributed by atoms with van der Waals surface area (Å²) in [7, 11) is 0. The zero-order valence-electron chi connectivity index (χ0n) is 27.7. The van der Waals surface area contributed by atoms with E-state index in [4.69, 9.17) is 9.47 Å². The Bertz CT molecular complexity index is 1130. The van der Waals surface area contributed by atoms with Gasteiger partial charge in [-0.3, -0.25) is 19.2 Å². The summed E-state index contributed by atoms with van der Waals surface area (Å²) in [4.78, 5) is 65.6. The van der Waals surface area contributed by atoms with E-state index in [-0.39, 0.29) is 37.8 Å². The van der Waals surface area contributed by atoms with Crippen LogP contribution in [0.2, 0.25) is 0 Å². The van der Waals surface area contributed by atoms with Crippen LogP contribution in [-0.2, 0) is 28.7 Å². The van der Waals surface area contributed by atoms with Crippen LogP contribution in [-0.4, -0.2) is 77.6 Å². The number of carbonyl (C=O) groups is 5. The zero-order chi connectivity index (χ0) is 34.0. The number of halogens is 3. The Hall–Kier alpha value is -2.86. The van der Waals surface area contributed by atoms with E-state index in [1.54, 1.807) is 20.8 Å². The molecule has 3 unspecified atom stereocenters. The molecule has 1 aliphatic heterocycles. The van der Waals surface area contributed by atoms with E-state index < -0.39 is 65.5 Å². The lowest BCUT2D eigenvalue weighted by Crippen LogP contribution is -2.57. The molecule has 0 radical (unpaired) electrons. The number of Topliss-reactive ketones (excluding diaryl/α,β-unsaturated/α-hetero) is 1. The molecule has 0 spiro atoms. The molecule has 2 N–H and O–H groups in total. The Labute approximate surface area is 269 Å². The fraction of sp³-hybridized carbons (Fsp3) is 0.848. The number of ether oxygens (including phenoxy) is 2. The maximum absolute atomic E-state index is 13.8. The largest absolute Gasteiger partial charge is 0.460 e. The number of nitrogens with one attached hydrogen (secondary N) is 2. The Morgan fingerprint density at radius 1 is 0.935 bits per heavy atom. The van der Waals surface area contributed by atoms with Crippen LogP contribution in [0.25, 0.3) is 0 Å². The van der Waals surface area contributed by atoms with Crippen LogP contribution in [0, 0.1) is 29.1 Å². The first-order valence-corrected chi connectivity index (χ1v) is 16.7. The fourth-order valence-corrected chi connectivity index (χ4v) is 8.52. The van der Waals surface area contributed by atoms with Gasteiger partial charge < -0.3 is 25.0 Å². The van der Waals surface area contributed by atoms with E-state index in [9.17, 15) is 37.1 Å². The molecular weight excluding hydrogens is 607 g/mol. The van der Waals surface area contributed by atoms with E-state index in [2.05, 4.69) is 10.6 Å². The summed E-state index contributed by atoms with van der Waals surface area (Å²) >= 11 is 0. The predicted molar refractivity (Wildman–Crippen MR) is 161 cm³/mol.